The maximum Gasteiger partial charge on any atom is 0.242 e. The third-order valence-corrected chi connectivity index (χ3v) is 4.87. The molecule has 1 atom stereocenters. The number of rotatable bonds is 5. The molecule has 2 rings (SSSR count). The number of halogens is 2. The van der Waals surface area contributed by atoms with Gasteiger partial charge in [-0.15, -0.1) is 24.8 Å². The van der Waals surface area contributed by atoms with Gasteiger partial charge >= 0.3 is 0 Å². The molecule has 1 aliphatic heterocycles. The molecule has 0 aromatic carbocycles. The zero-order valence-electron chi connectivity index (χ0n) is 13.8. The fraction of sp³-hybridized carbons (Fsp3) is 0.933. The second kappa shape index (κ2) is 9.93. The number of piperazine rings is 1. The lowest BCUT2D eigenvalue weighted by molar-refractivity contribution is -0.140. The maximum atomic E-state index is 12.7. The second-order valence-electron chi connectivity index (χ2n) is 6.21. The Morgan fingerprint density at radius 3 is 2.45 bits per heavy atom. The summed E-state index contributed by atoms with van der Waals surface area (Å²) in [6, 6.07) is 0.438. The molecular formula is C15H31Cl2N3O2. The zero-order valence-corrected chi connectivity index (χ0v) is 15.4. The van der Waals surface area contributed by atoms with Gasteiger partial charge in [0, 0.05) is 39.3 Å². The third-order valence-electron chi connectivity index (χ3n) is 4.87. The Morgan fingerprint density at radius 1 is 1.27 bits per heavy atom. The van der Waals surface area contributed by atoms with Crippen LogP contribution in [0.15, 0.2) is 0 Å². The van der Waals surface area contributed by atoms with Crippen LogP contribution in [0, 0.1) is 0 Å². The average Bonchev–Trinajstić information content (AvgIpc) is 2.92. The van der Waals surface area contributed by atoms with Crippen LogP contribution in [0.2, 0.25) is 0 Å². The van der Waals surface area contributed by atoms with Crippen molar-refractivity contribution in [3.63, 3.8) is 0 Å². The van der Waals surface area contributed by atoms with Gasteiger partial charge in [-0.05, 0) is 19.3 Å². The third kappa shape index (κ3) is 4.96. The van der Waals surface area contributed by atoms with Crippen molar-refractivity contribution >= 4 is 30.7 Å². The van der Waals surface area contributed by atoms with E-state index >= 15 is 0 Å². The summed E-state index contributed by atoms with van der Waals surface area (Å²) in [7, 11) is 1.74. The van der Waals surface area contributed by atoms with Gasteiger partial charge in [0.05, 0.1) is 12.1 Å². The molecule has 132 valence electrons. The topological polar surface area (TPSA) is 58.8 Å². The van der Waals surface area contributed by atoms with Gasteiger partial charge < -0.3 is 15.4 Å². The standard InChI is InChI=1S/C15H29N3O2.2ClH/c1-3-13-12-18(9-8-17(13)10-11-20-2)14(19)15(16)6-4-5-7-15;;/h13H,3-12,16H2,1-2H3;2*1H. The molecule has 0 spiro atoms. The van der Waals surface area contributed by atoms with Crippen molar-refractivity contribution < 1.29 is 9.53 Å². The van der Waals surface area contributed by atoms with Crippen LogP contribution < -0.4 is 5.73 Å². The molecule has 1 saturated heterocycles. The van der Waals surface area contributed by atoms with Crippen molar-refractivity contribution in [2.75, 3.05) is 39.9 Å². The van der Waals surface area contributed by atoms with E-state index in [0.29, 0.717) is 6.04 Å². The number of hydrogen-bond acceptors (Lipinski definition) is 4. The number of carbonyl (C=O) groups is 1. The van der Waals surface area contributed by atoms with Crippen LogP contribution >= 0.6 is 24.8 Å². The van der Waals surface area contributed by atoms with Crippen molar-refractivity contribution in [2.45, 2.75) is 50.6 Å². The molecule has 1 aliphatic carbocycles. The van der Waals surface area contributed by atoms with E-state index in [1.807, 2.05) is 4.90 Å². The molecule has 0 radical (unpaired) electrons. The first-order valence-electron chi connectivity index (χ1n) is 7.92. The number of methoxy groups -OCH3 is 1. The number of nitrogens with two attached hydrogens (primary N) is 1. The smallest absolute Gasteiger partial charge is 0.242 e. The highest BCUT2D eigenvalue weighted by Gasteiger charge is 2.41. The van der Waals surface area contributed by atoms with Crippen molar-refractivity contribution in [1.82, 2.24) is 9.80 Å². The Hall–Kier alpha value is -0.0700. The number of amides is 1. The molecule has 1 unspecified atom stereocenters. The van der Waals surface area contributed by atoms with E-state index in [2.05, 4.69) is 11.8 Å². The highest BCUT2D eigenvalue weighted by molar-refractivity contribution is 5.86. The quantitative estimate of drug-likeness (QED) is 0.814. The minimum absolute atomic E-state index is 0. The summed E-state index contributed by atoms with van der Waals surface area (Å²) in [5, 5.41) is 0. The van der Waals surface area contributed by atoms with E-state index in [0.717, 1.165) is 64.9 Å². The van der Waals surface area contributed by atoms with Crippen LogP contribution in [0.25, 0.3) is 0 Å². The van der Waals surface area contributed by atoms with Gasteiger partial charge in [-0.2, -0.15) is 0 Å². The summed E-state index contributed by atoms with van der Waals surface area (Å²) in [6.07, 6.45) is 4.95. The summed E-state index contributed by atoms with van der Waals surface area (Å²) in [5.74, 6) is 0.180. The van der Waals surface area contributed by atoms with Gasteiger partial charge in [0.1, 0.15) is 0 Å². The molecule has 2 fully saturated rings. The summed E-state index contributed by atoms with van der Waals surface area (Å²) in [4.78, 5) is 17.1. The van der Waals surface area contributed by atoms with Crippen molar-refractivity contribution in [1.29, 1.82) is 0 Å². The van der Waals surface area contributed by atoms with E-state index in [-0.39, 0.29) is 30.7 Å². The second-order valence-corrected chi connectivity index (χ2v) is 6.21. The minimum atomic E-state index is -0.576. The van der Waals surface area contributed by atoms with Crippen molar-refractivity contribution in [2.24, 2.45) is 5.73 Å². The van der Waals surface area contributed by atoms with Gasteiger partial charge in [-0.1, -0.05) is 19.8 Å². The number of hydrogen-bond donors (Lipinski definition) is 1. The van der Waals surface area contributed by atoms with Crippen molar-refractivity contribution in [3.05, 3.63) is 0 Å². The van der Waals surface area contributed by atoms with Gasteiger partial charge in [-0.25, -0.2) is 0 Å². The Kier molecular flexibility index (Phi) is 9.90. The predicted molar refractivity (Wildman–Crippen MR) is 94.0 cm³/mol. The van der Waals surface area contributed by atoms with Crippen LogP contribution in [0.4, 0.5) is 0 Å². The Morgan fingerprint density at radius 2 is 1.91 bits per heavy atom. The average molecular weight is 356 g/mol. The van der Waals surface area contributed by atoms with E-state index in [9.17, 15) is 4.79 Å². The van der Waals surface area contributed by atoms with E-state index in [4.69, 9.17) is 10.5 Å². The van der Waals surface area contributed by atoms with E-state index in [1.165, 1.54) is 0 Å². The minimum Gasteiger partial charge on any atom is -0.383 e. The SMILES string of the molecule is CCC1CN(C(=O)C2(N)CCCC2)CCN1CCOC.Cl.Cl. The fourth-order valence-corrected chi connectivity index (χ4v) is 3.50. The maximum absolute atomic E-state index is 12.7. The lowest BCUT2D eigenvalue weighted by Crippen LogP contribution is -2.61. The normalized spacial score (nSPS) is 24.5. The van der Waals surface area contributed by atoms with Gasteiger partial charge in [0.15, 0.2) is 0 Å². The first-order chi connectivity index (χ1) is 9.60. The lowest BCUT2D eigenvalue weighted by Gasteiger charge is -2.43. The Bertz CT molecular complexity index is 339. The van der Waals surface area contributed by atoms with Crippen LogP contribution in [0.5, 0.6) is 0 Å². The zero-order chi connectivity index (χ0) is 14.6. The van der Waals surface area contributed by atoms with Crippen LogP contribution in [0.1, 0.15) is 39.0 Å². The van der Waals surface area contributed by atoms with Crippen LogP contribution in [-0.4, -0.2) is 67.2 Å². The lowest BCUT2D eigenvalue weighted by atomic mass is 9.96. The van der Waals surface area contributed by atoms with Crippen LogP contribution in [-0.2, 0) is 9.53 Å². The first kappa shape index (κ1) is 21.9. The molecule has 0 aromatic heterocycles. The molecule has 1 saturated carbocycles. The Balaban J connectivity index is 0.00000220. The first-order valence-corrected chi connectivity index (χ1v) is 7.92. The number of carbonyl (C=O) groups excluding carboxylic acids is 1. The monoisotopic (exact) mass is 355 g/mol. The molecule has 2 aliphatic rings. The Labute approximate surface area is 146 Å². The summed E-state index contributed by atoms with van der Waals surface area (Å²) >= 11 is 0. The molecule has 2 N–H and O–H groups in total. The van der Waals surface area contributed by atoms with Gasteiger partial charge in [0.2, 0.25) is 5.91 Å². The molecule has 22 heavy (non-hydrogen) atoms. The predicted octanol–water partition coefficient (Wildman–Crippen LogP) is 1.67. The van der Waals surface area contributed by atoms with E-state index < -0.39 is 5.54 Å². The van der Waals surface area contributed by atoms with Gasteiger partial charge in [-0.3, -0.25) is 9.69 Å². The molecule has 0 bridgehead atoms. The molecule has 0 aromatic rings. The van der Waals surface area contributed by atoms with E-state index in [1.54, 1.807) is 7.11 Å². The summed E-state index contributed by atoms with van der Waals surface area (Å²) in [5.41, 5.74) is 5.73. The van der Waals surface area contributed by atoms with Crippen LogP contribution in [0.3, 0.4) is 0 Å². The molecule has 5 nitrogen and oxygen atoms in total. The highest BCUT2D eigenvalue weighted by Crippen LogP contribution is 2.30. The highest BCUT2D eigenvalue weighted by atomic mass is 35.5. The number of nitrogens with zero attached hydrogens (tertiary/aromatic N) is 2. The summed E-state index contributed by atoms with van der Waals surface area (Å²) in [6.45, 7) is 6.45. The fourth-order valence-electron chi connectivity index (χ4n) is 3.50. The van der Waals surface area contributed by atoms with Gasteiger partial charge in [0.25, 0.3) is 0 Å². The molecule has 1 amide bonds. The van der Waals surface area contributed by atoms with Crippen molar-refractivity contribution in [3.8, 4) is 0 Å². The molecule has 1 heterocycles. The molecular weight excluding hydrogens is 325 g/mol. The summed E-state index contributed by atoms with van der Waals surface area (Å²) < 4.78 is 5.17. The molecule has 7 heteroatoms. The number of ether oxygens (including phenoxy) is 1. The largest absolute Gasteiger partial charge is 0.383 e.